The Morgan fingerprint density at radius 1 is 1.55 bits per heavy atom. The zero-order chi connectivity index (χ0) is 9.07. The molecule has 0 bridgehead atoms. The van der Waals surface area contributed by atoms with Crippen molar-refractivity contribution in [3.05, 3.63) is 12.7 Å². The molecule has 0 rings (SSSR count). The van der Waals surface area contributed by atoms with E-state index in [2.05, 4.69) is 6.58 Å². The monoisotopic (exact) mass is 159 g/mol. The lowest BCUT2D eigenvalue weighted by atomic mass is 9.97. The van der Waals surface area contributed by atoms with Gasteiger partial charge in [0, 0.05) is 0 Å². The molecule has 11 heavy (non-hydrogen) atoms. The maximum absolute atomic E-state index is 10.3. The lowest BCUT2D eigenvalue weighted by Gasteiger charge is -2.16. The van der Waals surface area contributed by atoms with Gasteiger partial charge in [0.05, 0.1) is 6.42 Å². The number of hydrogen-bond donors (Lipinski definition) is 3. The zero-order valence-corrected chi connectivity index (χ0v) is 5.78. The Balaban J connectivity index is 4.47. The van der Waals surface area contributed by atoms with Gasteiger partial charge >= 0.3 is 11.9 Å². The molecule has 4 N–H and O–H groups in total. The molecule has 0 radical (unpaired) electrons. The molecule has 5 heteroatoms. The van der Waals surface area contributed by atoms with Gasteiger partial charge in [0.1, 0.15) is 5.54 Å². The van der Waals surface area contributed by atoms with Crippen LogP contribution in [0.4, 0.5) is 0 Å². The van der Waals surface area contributed by atoms with Gasteiger partial charge in [-0.05, 0) is 0 Å². The number of hydrogen-bond acceptors (Lipinski definition) is 3. The van der Waals surface area contributed by atoms with Crippen molar-refractivity contribution >= 4 is 11.9 Å². The summed E-state index contributed by atoms with van der Waals surface area (Å²) in [7, 11) is 0. The van der Waals surface area contributed by atoms with E-state index in [-0.39, 0.29) is 0 Å². The maximum Gasteiger partial charge on any atom is 0.328 e. The van der Waals surface area contributed by atoms with Crippen LogP contribution in [0.2, 0.25) is 0 Å². The van der Waals surface area contributed by atoms with Gasteiger partial charge in [0.15, 0.2) is 0 Å². The van der Waals surface area contributed by atoms with E-state index in [1.165, 1.54) is 0 Å². The van der Waals surface area contributed by atoms with Crippen LogP contribution in [0.25, 0.3) is 0 Å². The Morgan fingerprint density at radius 3 is 2.09 bits per heavy atom. The normalized spacial score (nSPS) is 15.0. The number of aliphatic carboxylic acids is 2. The van der Waals surface area contributed by atoms with Gasteiger partial charge in [-0.15, -0.1) is 6.58 Å². The average Bonchev–Trinajstić information content (AvgIpc) is 1.86. The zero-order valence-electron chi connectivity index (χ0n) is 5.78. The Hall–Kier alpha value is -1.36. The Bertz CT molecular complexity index is 201. The summed E-state index contributed by atoms with van der Waals surface area (Å²) in [5, 5.41) is 16.7. The van der Waals surface area contributed by atoms with Gasteiger partial charge in [-0.25, -0.2) is 4.79 Å². The first-order valence-electron chi connectivity index (χ1n) is 2.80. The van der Waals surface area contributed by atoms with E-state index >= 15 is 0 Å². The van der Waals surface area contributed by atoms with Crippen molar-refractivity contribution in [2.24, 2.45) is 5.73 Å². The fourth-order valence-electron chi connectivity index (χ4n) is 0.485. The third-order valence-corrected chi connectivity index (χ3v) is 1.21. The van der Waals surface area contributed by atoms with Crippen LogP contribution in [0, 0.1) is 0 Å². The van der Waals surface area contributed by atoms with Crippen molar-refractivity contribution in [2.75, 3.05) is 0 Å². The minimum atomic E-state index is -1.86. The summed E-state index contributed by atoms with van der Waals surface area (Å²) in [5.41, 5.74) is 3.29. The molecule has 1 atom stereocenters. The molecule has 0 aliphatic rings. The van der Waals surface area contributed by atoms with Crippen molar-refractivity contribution in [3.63, 3.8) is 0 Å². The fraction of sp³-hybridized carbons (Fsp3) is 0.333. The molecule has 0 aliphatic heterocycles. The molecule has 0 aliphatic carbocycles. The van der Waals surface area contributed by atoms with Crippen LogP contribution in [0.1, 0.15) is 6.42 Å². The number of carboxylic acid groups (broad SMARTS) is 2. The second-order valence-corrected chi connectivity index (χ2v) is 2.12. The van der Waals surface area contributed by atoms with Crippen LogP contribution in [-0.2, 0) is 9.59 Å². The lowest BCUT2D eigenvalue weighted by molar-refractivity contribution is -0.147. The van der Waals surface area contributed by atoms with Crippen LogP contribution in [-0.4, -0.2) is 27.7 Å². The standard InChI is InChI=1S/C6H9NO4/c1-2-6(7,5(10)11)3-4(8)9/h2H,1,3,7H2,(H,8,9)(H,10,11). The molecular formula is C6H9NO4. The minimum Gasteiger partial charge on any atom is -0.481 e. The number of nitrogens with two attached hydrogens (primary N) is 1. The van der Waals surface area contributed by atoms with Crippen LogP contribution in [0.3, 0.4) is 0 Å². The van der Waals surface area contributed by atoms with Crippen LogP contribution < -0.4 is 5.73 Å². The first kappa shape index (κ1) is 9.64. The summed E-state index contributed by atoms with van der Waals surface area (Å²) in [5.74, 6) is -2.66. The highest BCUT2D eigenvalue weighted by molar-refractivity contribution is 5.86. The number of carboxylic acids is 2. The summed E-state index contributed by atoms with van der Waals surface area (Å²) in [4.78, 5) is 20.4. The molecule has 0 fully saturated rings. The molecule has 0 aromatic heterocycles. The SMILES string of the molecule is C=CC(N)(CC(=O)O)C(=O)O. The van der Waals surface area contributed by atoms with E-state index in [0.29, 0.717) is 0 Å². The largest absolute Gasteiger partial charge is 0.481 e. The van der Waals surface area contributed by atoms with E-state index in [0.717, 1.165) is 6.08 Å². The molecule has 0 saturated carbocycles. The topological polar surface area (TPSA) is 101 Å². The maximum atomic E-state index is 10.3. The van der Waals surface area contributed by atoms with Gasteiger partial charge in [-0.3, -0.25) is 4.79 Å². The van der Waals surface area contributed by atoms with Crippen molar-refractivity contribution < 1.29 is 19.8 Å². The van der Waals surface area contributed by atoms with E-state index in [4.69, 9.17) is 15.9 Å². The highest BCUT2D eigenvalue weighted by atomic mass is 16.4. The predicted molar refractivity (Wildman–Crippen MR) is 37.0 cm³/mol. The summed E-state index contributed by atoms with van der Waals surface area (Å²) in [6.45, 7) is 3.14. The molecule has 5 nitrogen and oxygen atoms in total. The third kappa shape index (κ3) is 2.38. The first-order valence-corrected chi connectivity index (χ1v) is 2.80. The molecule has 0 spiro atoms. The summed E-state index contributed by atoms with van der Waals surface area (Å²) < 4.78 is 0. The van der Waals surface area contributed by atoms with Gasteiger partial charge in [0.2, 0.25) is 0 Å². The van der Waals surface area contributed by atoms with Crippen LogP contribution in [0.5, 0.6) is 0 Å². The quantitative estimate of drug-likeness (QED) is 0.477. The smallest absolute Gasteiger partial charge is 0.328 e. The molecule has 0 heterocycles. The van der Waals surface area contributed by atoms with Crippen molar-refractivity contribution in [2.45, 2.75) is 12.0 Å². The number of carbonyl (C=O) groups is 2. The van der Waals surface area contributed by atoms with Gasteiger partial charge < -0.3 is 15.9 Å². The Morgan fingerprint density at radius 2 is 2.00 bits per heavy atom. The first-order chi connectivity index (χ1) is 4.92. The molecule has 0 aromatic carbocycles. The minimum absolute atomic E-state index is 0.661. The lowest BCUT2D eigenvalue weighted by Crippen LogP contribution is -2.47. The molecule has 62 valence electrons. The van der Waals surface area contributed by atoms with E-state index in [1.54, 1.807) is 0 Å². The Kier molecular flexibility index (Phi) is 2.77. The molecule has 0 aromatic rings. The highest BCUT2D eigenvalue weighted by Gasteiger charge is 2.32. The molecule has 0 amide bonds. The van der Waals surface area contributed by atoms with E-state index in [9.17, 15) is 9.59 Å². The van der Waals surface area contributed by atoms with Crippen molar-refractivity contribution in [3.8, 4) is 0 Å². The molecule has 0 saturated heterocycles. The van der Waals surface area contributed by atoms with Gasteiger partial charge in [0.25, 0.3) is 0 Å². The Labute approximate surface area is 63.1 Å². The highest BCUT2D eigenvalue weighted by Crippen LogP contribution is 2.07. The second-order valence-electron chi connectivity index (χ2n) is 2.12. The van der Waals surface area contributed by atoms with E-state index < -0.39 is 23.9 Å². The second kappa shape index (κ2) is 3.16. The van der Waals surface area contributed by atoms with E-state index in [1.807, 2.05) is 0 Å². The summed E-state index contributed by atoms with van der Waals surface area (Å²) in [6, 6.07) is 0. The molecular weight excluding hydrogens is 150 g/mol. The van der Waals surface area contributed by atoms with Gasteiger partial charge in [-0.2, -0.15) is 0 Å². The summed E-state index contributed by atoms with van der Waals surface area (Å²) in [6.07, 6.45) is 0.245. The van der Waals surface area contributed by atoms with Crippen molar-refractivity contribution in [1.82, 2.24) is 0 Å². The fourth-order valence-corrected chi connectivity index (χ4v) is 0.485. The number of rotatable bonds is 4. The molecule has 1 unspecified atom stereocenters. The van der Waals surface area contributed by atoms with Gasteiger partial charge in [-0.1, -0.05) is 6.08 Å². The average molecular weight is 159 g/mol. The van der Waals surface area contributed by atoms with Crippen LogP contribution >= 0.6 is 0 Å². The van der Waals surface area contributed by atoms with Crippen molar-refractivity contribution in [1.29, 1.82) is 0 Å². The predicted octanol–water partition coefficient (Wildman–Crippen LogP) is -0.571. The van der Waals surface area contributed by atoms with Crippen LogP contribution in [0.15, 0.2) is 12.7 Å². The summed E-state index contributed by atoms with van der Waals surface area (Å²) >= 11 is 0. The third-order valence-electron chi connectivity index (χ3n) is 1.21.